The van der Waals surface area contributed by atoms with E-state index in [0.29, 0.717) is 11.3 Å². The molecule has 1 unspecified atom stereocenters. The summed E-state index contributed by atoms with van der Waals surface area (Å²) in [5, 5.41) is 0. The van der Waals surface area contributed by atoms with E-state index in [2.05, 4.69) is 0 Å². The number of carbonyl (C=O) groups excluding carboxylic acids is 2. The van der Waals surface area contributed by atoms with Crippen molar-refractivity contribution in [2.24, 2.45) is 5.92 Å². The molecule has 5 heteroatoms. The normalized spacial score (nSPS) is 16.7. The fraction of sp³-hybridized carbons (Fsp3) is 0.214. The van der Waals surface area contributed by atoms with Gasteiger partial charge in [0.25, 0.3) is 0 Å². The van der Waals surface area contributed by atoms with Gasteiger partial charge < -0.3 is 14.2 Å². The van der Waals surface area contributed by atoms with Crippen LogP contribution in [-0.4, -0.2) is 25.2 Å². The van der Waals surface area contributed by atoms with E-state index >= 15 is 0 Å². The predicted molar refractivity (Wildman–Crippen MR) is 125 cm³/mol. The third-order valence-electron chi connectivity index (χ3n) is 5.74. The Morgan fingerprint density at radius 2 is 1.33 bits per heavy atom. The molecule has 0 saturated carbocycles. The topological polar surface area (TPSA) is 61.8 Å². The maximum absolute atomic E-state index is 13.3. The van der Waals surface area contributed by atoms with E-state index < -0.39 is 23.5 Å². The Balaban J connectivity index is 2.00. The molecular weight excluding hydrogens is 416 g/mol. The van der Waals surface area contributed by atoms with Crippen molar-refractivity contribution in [1.29, 1.82) is 0 Å². The van der Waals surface area contributed by atoms with Crippen LogP contribution in [0.3, 0.4) is 0 Å². The lowest BCUT2D eigenvalue weighted by Crippen LogP contribution is -2.39. The zero-order valence-corrected chi connectivity index (χ0v) is 18.7. The van der Waals surface area contributed by atoms with Crippen LogP contribution in [0.1, 0.15) is 30.5 Å². The van der Waals surface area contributed by atoms with Gasteiger partial charge in [-0.1, -0.05) is 91.0 Å². The van der Waals surface area contributed by atoms with Crippen LogP contribution >= 0.6 is 0 Å². The molecule has 1 aliphatic rings. The summed E-state index contributed by atoms with van der Waals surface area (Å²) in [6, 6.07) is 28.9. The molecule has 0 radical (unpaired) electrons. The lowest BCUT2D eigenvalue weighted by molar-refractivity contribution is -0.146. The van der Waals surface area contributed by atoms with Crippen LogP contribution in [0.25, 0.3) is 5.76 Å². The maximum atomic E-state index is 13.3. The Morgan fingerprint density at radius 1 is 0.818 bits per heavy atom. The average Bonchev–Trinajstić information content (AvgIpc) is 3.21. The number of benzene rings is 3. The van der Waals surface area contributed by atoms with Crippen molar-refractivity contribution in [3.8, 4) is 0 Å². The number of ether oxygens (including phenoxy) is 3. The molecular formula is C28H26O5. The minimum atomic E-state index is -1.09. The Bertz CT molecular complexity index is 1100. The SMILES string of the molecule is CCOC(=O)C1=C(c2ccccc2)OC(c2ccccc2)(c2ccccc2)C1COC(C)=O. The van der Waals surface area contributed by atoms with Gasteiger partial charge in [-0.15, -0.1) is 0 Å². The van der Waals surface area contributed by atoms with Crippen LogP contribution in [0.15, 0.2) is 96.6 Å². The van der Waals surface area contributed by atoms with Gasteiger partial charge in [-0.3, -0.25) is 4.79 Å². The summed E-state index contributed by atoms with van der Waals surface area (Å²) in [7, 11) is 0. The number of hydrogen-bond donors (Lipinski definition) is 0. The summed E-state index contributed by atoms with van der Waals surface area (Å²) in [5.74, 6) is -1.11. The van der Waals surface area contributed by atoms with Crippen LogP contribution in [0.5, 0.6) is 0 Å². The lowest BCUT2D eigenvalue weighted by Gasteiger charge is -2.36. The molecule has 1 heterocycles. The Hall–Kier alpha value is -3.86. The summed E-state index contributed by atoms with van der Waals surface area (Å²) in [6.07, 6.45) is 0. The molecule has 3 aromatic rings. The molecule has 1 atom stereocenters. The van der Waals surface area contributed by atoms with Gasteiger partial charge in [-0.25, -0.2) is 4.79 Å². The van der Waals surface area contributed by atoms with E-state index in [9.17, 15) is 9.59 Å². The van der Waals surface area contributed by atoms with Crippen LogP contribution in [0, 0.1) is 5.92 Å². The lowest BCUT2D eigenvalue weighted by atomic mass is 9.74. The van der Waals surface area contributed by atoms with Crippen molar-refractivity contribution in [2.45, 2.75) is 19.4 Å². The highest BCUT2D eigenvalue weighted by Gasteiger charge is 2.55. The second-order valence-corrected chi connectivity index (χ2v) is 7.75. The van der Waals surface area contributed by atoms with Crippen molar-refractivity contribution < 1.29 is 23.8 Å². The van der Waals surface area contributed by atoms with Crippen molar-refractivity contribution in [1.82, 2.24) is 0 Å². The maximum Gasteiger partial charge on any atom is 0.338 e. The van der Waals surface area contributed by atoms with Crippen molar-refractivity contribution in [3.63, 3.8) is 0 Å². The quantitative estimate of drug-likeness (QED) is 0.476. The molecule has 0 aromatic heterocycles. The van der Waals surface area contributed by atoms with Gasteiger partial charge >= 0.3 is 11.9 Å². The second-order valence-electron chi connectivity index (χ2n) is 7.75. The minimum absolute atomic E-state index is 0.0381. The first-order valence-corrected chi connectivity index (χ1v) is 11.0. The Morgan fingerprint density at radius 3 is 1.82 bits per heavy atom. The molecule has 0 bridgehead atoms. The summed E-state index contributed by atoms with van der Waals surface area (Å²) in [5.41, 5.74) is 1.71. The van der Waals surface area contributed by atoms with Gasteiger partial charge in [0.15, 0.2) is 5.60 Å². The highest BCUT2D eigenvalue weighted by molar-refractivity contribution is 5.98. The first kappa shape index (κ1) is 22.3. The Kier molecular flexibility index (Phi) is 6.59. The molecule has 3 aromatic carbocycles. The monoisotopic (exact) mass is 442 g/mol. The van der Waals surface area contributed by atoms with Gasteiger partial charge in [0.05, 0.1) is 18.1 Å². The third kappa shape index (κ3) is 4.27. The van der Waals surface area contributed by atoms with E-state index in [-0.39, 0.29) is 13.2 Å². The molecule has 168 valence electrons. The standard InChI is InChI=1S/C28H26O5/c1-3-31-27(30)25-24(19-32-20(2)29)28(22-15-9-5-10-16-22,23-17-11-6-12-18-23)33-26(25)21-13-7-4-8-14-21/h4-18,24H,3,19H2,1-2H3. The van der Waals surface area contributed by atoms with Gasteiger partial charge in [0, 0.05) is 23.6 Å². The number of hydrogen-bond acceptors (Lipinski definition) is 5. The van der Waals surface area contributed by atoms with Gasteiger partial charge in [-0.05, 0) is 6.92 Å². The van der Waals surface area contributed by atoms with Crippen molar-refractivity contribution in [3.05, 3.63) is 113 Å². The molecule has 0 saturated heterocycles. The fourth-order valence-corrected chi connectivity index (χ4v) is 4.36. The zero-order chi connectivity index (χ0) is 23.3. The highest BCUT2D eigenvalue weighted by atomic mass is 16.6. The summed E-state index contributed by atoms with van der Waals surface area (Å²) in [6.45, 7) is 3.30. The highest BCUT2D eigenvalue weighted by Crippen LogP contribution is 2.53. The van der Waals surface area contributed by atoms with Crippen LogP contribution in [0.4, 0.5) is 0 Å². The molecule has 0 amide bonds. The fourth-order valence-electron chi connectivity index (χ4n) is 4.36. The number of esters is 2. The molecule has 1 aliphatic heterocycles. The number of carbonyl (C=O) groups is 2. The van der Waals surface area contributed by atoms with Crippen LogP contribution < -0.4 is 0 Å². The van der Waals surface area contributed by atoms with E-state index in [1.807, 2.05) is 91.0 Å². The van der Waals surface area contributed by atoms with E-state index in [0.717, 1.165) is 16.7 Å². The predicted octanol–water partition coefficient (Wildman–Crippen LogP) is 5.11. The van der Waals surface area contributed by atoms with E-state index in [1.165, 1.54) is 6.92 Å². The summed E-state index contributed by atoms with van der Waals surface area (Å²) in [4.78, 5) is 25.2. The molecule has 33 heavy (non-hydrogen) atoms. The van der Waals surface area contributed by atoms with Crippen LogP contribution in [-0.2, 0) is 29.4 Å². The molecule has 0 aliphatic carbocycles. The zero-order valence-electron chi connectivity index (χ0n) is 18.7. The Labute approximate surface area is 193 Å². The summed E-state index contributed by atoms with van der Waals surface area (Å²) >= 11 is 0. The number of rotatable bonds is 7. The first-order valence-electron chi connectivity index (χ1n) is 11.0. The minimum Gasteiger partial charge on any atom is -0.476 e. The third-order valence-corrected chi connectivity index (χ3v) is 5.74. The van der Waals surface area contributed by atoms with E-state index in [4.69, 9.17) is 14.2 Å². The molecule has 0 fully saturated rings. The van der Waals surface area contributed by atoms with Crippen molar-refractivity contribution in [2.75, 3.05) is 13.2 Å². The van der Waals surface area contributed by atoms with Gasteiger partial charge in [-0.2, -0.15) is 0 Å². The summed E-state index contributed by atoms with van der Waals surface area (Å²) < 4.78 is 17.8. The van der Waals surface area contributed by atoms with Gasteiger partial charge in [0.2, 0.25) is 0 Å². The molecule has 0 N–H and O–H groups in total. The van der Waals surface area contributed by atoms with E-state index in [1.54, 1.807) is 6.92 Å². The largest absolute Gasteiger partial charge is 0.476 e. The molecule has 5 nitrogen and oxygen atoms in total. The first-order chi connectivity index (χ1) is 16.1. The second kappa shape index (κ2) is 9.74. The van der Waals surface area contributed by atoms with Crippen LogP contribution in [0.2, 0.25) is 0 Å². The van der Waals surface area contributed by atoms with Gasteiger partial charge in [0.1, 0.15) is 12.4 Å². The smallest absolute Gasteiger partial charge is 0.338 e. The van der Waals surface area contributed by atoms with Crippen molar-refractivity contribution >= 4 is 17.7 Å². The average molecular weight is 443 g/mol. The molecule has 4 rings (SSSR count). The molecule has 0 spiro atoms.